The molecule has 1 amide bonds. The molecular formula is C20H19F3N4OS. The Bertz CT molecular complexity index is 985. The van der Waals surface area contributed by atoms with Crippen LogP contribution in [0.2, 0.25) is 0 Å². The number of amides is 1. The Morgan fingerprint density at radius 1 is 1.28 bits per heavy atom. The normalized spacial score (nSPS) is 18.8. The van der Waals surface area contributed by atoms with Crippen LogP contribution in [0.1, 0.15) is 39.3 Å². The maximum absolute atomic E-state index is 13.7. The van der Waals surface area contributed by atoms with Gasteiger partial charge in [-0.1, -0.05) is 36.4 Å². The van der Waals surface area contributed by atoms with Crippen LogP contribution in [0.4, 0.5) is 19.0 Å². The summed E-state index contributed by atoms with van der Waals surface area (Å²) < 4.78 is 42.0. The number of carbonyl (C=O) groups is 1. The Balaban J connectivity index is 1.65. The summed E-state index contributed by atoms with van der Waals surface area (Å²) in [6, 6.07) is 10.7. The molecule has 9 heteroatoms. The molecule has 2 atom stereocenters. The highest BCUT2D eigenvalue weighted by atomic mass is 32.1. The minimum Gasteiger partial charge on any atom is -0.362 e. The number of hydrogen-bond acceptors (Lipinski definition) is 4. The van der Waals surface area contributed by atoms with Gasteiger partial charge in [0.15, 0.2) is 6.04 Å². The van der Waals surface area contributed by atoms with Crippen molar-refractivity contribution in [3.63, 3.8) is 0 Å². The largest absolute Gasteiger partial charge is 0.410 e. The van der Waals surface area contributed by atoms with Crippen LogP contribution in [0.15, 0.2) is 54.0 Å². The molecule has 1 aliphatic heterocycles. The SMILES string of the molecule is CN(Cc1ccccc1)C(=O)c1cnn2c1NC(c1cccs1)CC2C(F)(F)F. The maximum Gasteiger partial charge on any atom is 0.410 e. The first kappa shape index (κ1) is 19.5. The smallest absolute Gasteiger partial charge is 0.362 e. The number of halogens is 3. The van der Waals surface area contributed by atoms with Crippen LogP contribution in [0.5, 0.6) is 0 Å². The van der Waals surface area contributed by atoms with Crippen molar-refractivity contribution in [2.24, 2.45) is 0 Å². The van der Waals surface area contributed by atoms with Crippen molar-refractivity contribution in [2.45, 2.75) is 31.2 Å². The van der Waals surface area contributed by atoms with Gasteiger partial charge in [0.2, 0.25) is 0 Å². The van der Waals surface area contributed by atoms with Crippen LogP contribution >= 0.6 is 11.3 Å². The number of aromatic nitrogens is 2. The molecule has 0 saturated carbocycles. The van der Waals surface area contributed by atoms with Gasteiger partial charge in [-0.2, -0.15) is 18.3 Å². The van der Waals surface area contributed by atoms with Gasteiger partial charge in [-0.15, -0.1) is 11.3 Å². The van der Waals surface area contributed by atoms with E-state index in [0.717, 1.165) is 15.1 Å². The number of fused-ring (bicyclic) bond motifs is 1. The zero-order valence-electron chi connectivity index (χ0n) is 15.6. The first-order chi connectivity index (χ1) is 13.8. The summed E-state index contributed by atoms with van der Waals surface area (Å²) in [7, 11) is 1.63. The number of nitrogens with one attached hydrogen (secondary N) is 1. The Kier molecular flexibility index (Phi) is 5.08. The summed E-state index contributed by atoms with van der Waals surface area (Å²) in [4.78, 5) is 15.3. The van der Waals surface area contributed by atoms with Crippen LogP contribution in [0.25, 0.3) is 0 Å². The lowest BCUT2D eigenvalue weighted by molar-refractivity contribution is -0.173. The molecule has 0 radical (unpaired) electrons. The maximum atomic E-state index is 13.7. The second-order valence-electron chi connectivity index (χ2n) is 7.00. The molecule has 1 N–H and O–H groups in total. The first-order valence-corrected chi connectivity index (χ1v) is 9.96. The average Bonchev–Trinajstić information content (AvgIpc) is 3.36. The van der Waals surface area contributed by atoms with Gasteiger partial charge in [0.25, 0.3) is 5.91 Å². The molecule has 29 heavy (non-hydrogen) atoms. The monoisotopic (exact) mass is 420 g/mol. The van der Waals surface area contributed by atoms with Crippen molar-refractivity contribution in [1.82, 2.24) is 14.7 Å². The lowest BCUT2D eigenvalue weighted by atomic mass is 10.0. The van der Waals surface area contributed by atoms with Gasteiger partial charge in [0, 0.05) is 24.9 Å². The van der Waals surface area contributed by atoms with Gasteiger partial charge in [0.05, 0.1) is 12.2 Å². The predicted octanol–water partition coefficient (Wildman–Crippen LogP) is 4.88. The number of alkyl halides is 3. The van der Waals surface area contributed by atoms with Gasteiger partial charge in [-0.05, 0) is 17.0 Å². The van der Waals surface area contributed by atoms with E-state index in [1.54, 1.807) is 19.2 Å². The van der Waals surface area contributed by atoms with Crippen LogP contribution in [0.3, 0.4) is 0 Å². The Labute approximate surface area is 169 Å². The van der Waals surface area contributed by atoms with Crippen molar-refractivity contribution < 1.29 is 18.0 Å². The van der Waals surface area contributed by atoms with E-state index >= 15 is 0 Å². The number of carbonyl (C=O) groups excluding carboxylic acids is 1. The number of anilines is 1. The molecule has 0 saturated heterocycles. The van der Waals surface area contributed by atoms with Crippen molar-refractivity contribution >= 4 is 23.1 Å². The summed E-state index contributed by atoms with van der Waals surface area (Å²) in [5.41, 5.74) is 1.07. The molecule has 2 unspecified atom stereocenters. The standard InChI is InChI=1S/C20H19F3N4OS/c1-26(12-13-6-3-2-4-7-13)19(28)14-11-24-27-17(20(21,22)23)10-15(25-18(14)27)16-8-5-9-29-16/h2-9,11,15,17,25H,10,12H2,1H3. The second-order valence-corrected chi connectivity index (χ2v) is 7.98. The highest BCUT2D eigenvalue weighted by Crippen LogP contribution is 2.45. The summed E-state index contributed by atoms with van der Waals surface area (Å²) >= 11 is 1.39. The highest BCUT2D eigenvalue weighted by Gasteiger charge is 2.47. The molecule has 3 heterocycles. The molecule has 0 aliphatic carbocycles. The molecule has 1 aromatic carbocycles. The number of thiophene rings is 1. The molecule has 0 bridgehead atoms. The third-order valence-corrected chi connectivity index (χ3v) is 5.95. The van der Waals surface area contributed by atoms with Gasteiger partial charge in [-0.25, -0.2) is 4.68 Å². The topological polar surface area (TPSA) is 50.2 Å². The molecule has 3 aromatic rings. The number of rotatable bonds is 4. The molecule has 2 aromatic heterocycles. The van der Waals surface area contributed by atoms with Crippen LogP contribution in [-0.4, -0.2) is 33.8 Å². The third kappa shape index (κ3) is 3.87. The summed E-state index contributed by atoms with van der Waals surface area (Å²) in [6.07, 6.45) is -3.41. The van der Waals surface area contributed by atoms with E-state index in [1.165, 1.54) is 22.4 Å². The van der Waals surface area contributed by atoms with Crippen molar-refractivity contribution in [1.29, 1.82) is 0 Å². The van der Waals surface area contributed by atoms with Gasteiger partial charge in [-0.3, -0.25) is 4.79 Å². The fraction of sp³-hybridized carbons (Fsp3) is 0.300. The van der Waals surface area contributed by atoms with Gasteiger partial charge < -0.3 is 10.2 Å². The van der Waals surface area contributed by atoms with Crippen molar-refractivity contribution in [3.8, 4) is 0 Å². The zero-order chi connectivity index (χ0) is 20.6. The van der Waals surface area contributed by atoms with E-state index in [9.17, 15) is 18.0 Å². The highest BCUT2D eigenvalue weighted by molar-refractivity contribution is 7.10. The Morgan fingerprint density at radius 2 is 2.03 bits per heavy atom. The predicted molar refractivity (Wildman–Crippen MR) is 105 cm³/mol. The van der Waals surface area contributed by atoms with E-state index in [0.29, 0.717) is 6.54 Å². The number of hydrogen-bond donors (Lipinski definition) is 1. The number of nitrogens with zero attached hydrogens (tertiary/aromatic N) is 3. The van der Waals surface area contributed by atoms with E-state index < -0.39 is 18.3 Å². The van der Waals surface area contributed by atoms with E-state index in [4.69, 9.17) is 0 Å². The number of benzene rings is 1. The van der Waals surface area contributed by atoms with Crippen LogP contribution in [-0.2, 0) is 6.54 Å². The van der Waals surface area contributed by atoms with Gasteiger partial charge >= 0.3 is 6.18 Å². The fourth-order valence-electron chi connectivity index (χ4n) is 3.53. The molecule has 4 rings (SSSR count). The van der Waals surface area contributed by atoms with Crippen molar-refractivity contribution in [3.05, 3.63) is 70.0 Å². The lowest BCUT2D eigenvalue weighted by Gasteiger charge is -2.33. The molecule has 5 nitrogen and oxygen atoms in total. The lowest BCUT2D eigenvalue weighted by Crippen LogP contribution is -2.36. The minimum atomic E-state index is -4.46. The third-order valence-electron chi connectivity index (χ3n) is 4.96. The Hall–Kier alpha value is -2.81. The van der Waals surface area contributed by atoms with Gasteiger partial charge in [0.1, 0.15) is 11.4 Å². The van der Waals surface area contributed by atoms with Crippen LogP contribution < -0.4 is 5.32 Å². The molecule has 0 fully saturated rings. The zero-order valence-corrected chi connectivity index (χ0v) is 16.4. The molecule has 0 spiro atoms. The Morgan fingerprint density at radius 3 is 2.69 bits per heavy atom. The van der Waals surface area contributed by atoms with Crippen molar-refractivity contribution in [2.75, 3.05) is 12.4 Å². The van der Waals surface area contributed by atoms with Crippen LogP contribution in [0, 0.1) is 0 Å². The van der Waals surface area contributed by atoms with E-state index in [-0.39, 0.29) is 23.7 Å². The quantitative estimate of drug-likeness (QED) is 0.655. The summed E-state index contributed by atoms with van der Waals surface area (Å²) in [6.45, 7) is 0.349. The molecule has 152 valence electrons. The molecular weight excluding hydrogens is 401 g/mol. The second kappa shape index (κ2) is 7.55. The fourth-order valence-corrected chi connectivity index (χ4v) is 4.32. The molecule has 1 aliphatic rings. The minimum absolute atomic E-state index is 0.113. The first-order valence-electron chi connectivity index (χ1n) is 9.08. The average molecular weight is 420 g/mol. The van der Waals surface area contributed by atoms with E-state index in [1.807, 2.05) is 35.7 Å². The summed E-state index contributed by atoms with van der Waals surface area (Å²) in [5, 5.41) is 8.86. The van der Waals surface area contributed by atoms with E-state index in [2.05, 4.69) is 10.4 Å². The summed E-state index contributed by atoms with van der Waals surface area (Å²) in [5.74, 6) is -0.266.